The molecule has 10 nitrogen and oxygen atoms in total. The SMILES string of the molecule is O=C(N[C@H]1CN(S(=O)(=O)c2ccccc2)C[C@@H]1C(=O)N[C@H]1CCCNC1)c1cc(-c2ccc(Cl)cc2)on1. The van der Waals surface area contributed by atoms with E-state index in [9.17, 15) is 18.0 Å². The van der Waals surface area contributed by atoms with Gasteiger partial charge in [0.15, 0.2) is 11.5 Å². The molecule has 3 aromatic rings. The fourth-order valence-electron chi connectivity index (χ4n) is 4.78. The molecular weight excluding hydrogens is 530 g/mol. The van der Waals surface area contributed by atoms with Crippen molar-refractivity contribution in [2.24, 2.45) is 5.92 Å². The highest BCUT2D eigenvalue weighted by Crippen LogP contribution is 2.27. The summed E-state index contributed by atoms with van der Waals surface area (Å²) in [5.74, 6) is -1.25. The van der Waals surface area contributed by atoms with Crippen molar-refractivity contribution in [1.82, 2.24) is 25.4 Å². The van der Waals surface area contributed by atoms with Gasteiger partial charge >= 0.3 is 0 Å². The first-order chi connectivity index (χ1) is 18.3. The third-order valence-corrected chi connectivity index (χ3v) is 8.93. The average Bonchev–Trinajstić information content (AvgIpc) is 3.59. The van der Waals surface area contributed by atoms with E-state index in [0.717, 1.165) is 19.4 Å². The number of nitrogens with one attached hydrogen (secondary N) is 3. The van der Waals surface area contributed by atoms with Crippen molar-refractivity contribution >= 4 is 33.4 Å². The topological polar surface area (TPSA) is 134 Å². The molecule has 38 heavy (non-hydrogen) atoms. The highest BCUT2D eigenvalue weighted by molar-refractivity contribution is 7.89. The maximum Gasteiger partial charge on any atom is 0.273 e. The Bertz CT molecular complexity index is 1390. The molecule has 2 amide bonds. The van der Waals surface area contributed by atoms with Crippen LogP contribution in [-0.2, 0) is 14.8 Å². The maximum absolute atomic E-state index is 13.3. The van der Waals surface area contributed by atoms with E-state index in [1.807, 2.05) is 0 Å². The fraction of sp³-hybridized carbons (Fsp3) is 0.346. The van der Waals surface area contributed by atoms with E-state index in [4.69, 9.17) is 16.1 Å². The van der Waals surface area contributed by atoms with Gasteiger partial charge in [0.25, 0.3) is 5.91 Å². The van der Waals surface area contributed by atoms with Crippen molar-refractivity contribution in [1.29, 1.82) is 0 Å². The molecule has 0 unspecified atom stereocenters. The largest absolute Gasteiger partial charge is 0.355 e. The highest BCUT2D eigenvalue weighted by atomic mass is 35.5. The molecule has 5 rings (SSSR count). The normalized spacial score (nSPS) is 22.2. The lowest BCUT2D eigenvalue weighted by Crippen LogP contribution is -2.51. The number of hydrogen-bond acceptors (Lipinski definition) is 7. The molecule has 0 spiro atoms. The number of piperidine rings is 1. The van der Waals surface area contributed by atoms with E-state index in [2.05, 4.69) is 21.1 Å². The second-order valence-electron chi connectivity index (χ2n) is 9.46. The zero-order chi connectivity index (χ0) is 26.7. The van der Waals surface area contributed by atoms with Gasteiger partial charge in [-0.2, -0.15) is 4.31 Å². The number of aromatic nitrogens is 1. The van der Waals surface area contributed by atoms with Crippen molar-refractivity contribution in [2.75, 3.05) is 26.2 Å². The van der Waals surface area contributed by atoms with Gasteiger partial charge in [-0.05, 0) is 55.8 Å². The van der Waals surface area contributed by atoms with Gasteiger partial charge in [0.1, 0.15) is 0 Å². The van der Waals surface area contributed by atoms with Crippen LogP contribution in [0.4, 0.5) is 0 Å². The number of amides is 2. The van der Waals surface area contributed by atoms with Crippen molar-refractivity contribution in [2.45, 2.75) is 29.8 Å². The van der Waals surface area contributed by atoms with Gasteiger partial charge in [-0.3, -0.25) is 9.59 Å². The third-order valence-electron chi connectivity index (χ3n) is 6.84. The third kappa shape index (κ3) is 5.75. The van der Waals surface area contributed by atoms with Gasteiger partial charge in [0.05, 0.1) is 16.9 Å². The Morgan fingerprint density at radius 1 is 1.05 bits per heavy atom. The van der Waals surface area contributed by atoms with E-state index in [0.29, 0.717) is 22.9 Å². The fourth-order valence-corrected chi connectivity index (χ4v) is 6.41. The zero-order valence-corrected chi connectivity index (χ0v) is 22.0. The molecule has 3 atom stereocenters. The number of nitrogens with zero attached hydrogens (tertiary/aromatic N) is 2. The summed E-state index contributed by atoms with van der Waals surface area (Å²) in [5.41, 5.74) is 0.718. The minimum absolute atomic E-state index is 0.0231. The summed E-state index contributed by atoms with van der Waals surface area (Å²) in [5, 5.41) is 13.5. The minimum Gasteiger partial charge on any atom is -0.355 e. The van der Waals surface area contributed by atoms with Crippen LogP contribution >= 0.6 is 11.6 Å². The maximum atomic E-state index is 13.3. The first-order valence-electron chi connectivity index (χ1n) is 12.4. The number of carbonyl (C=O) groups excluding carboxylic acids is 2. The van der Waals surface area contributed by atoms with E-state index >= 15 is 0 Å². The van der Waals surface area contributed by atoms with Gasteiger partial charge in [0.2, 0.25) is 15.9 Å². The number of sulfonamides is 1. The Balaban J connectivity index is 1.35. The standard InChI is InChI=1S/C26H28ClN5O5S/c27-18-10-8-17(9-11-18)24-13-22(31-37-24)26(34)30-23-16-32(38(35,36)20-6-2-1-3-7-20)15-21(23)25(33)29-19-5-4-12-28-14-19/h1-3,6-11,13,19,21,23,28H,4-5,12,14-16H2,(H,29,33)(H,30,34)/t19-,21-,23-/m0/s1. The van der Waals surface area contributed by atoms with Crippen LogP contribution < -0.4 is 16.0 Å². The van der Waals surface area contributed by atoms with Crippen LogP contribution in [0.25, 0.3) is 11.3 Å². The lowest BCUT2D eigenvalue weighted by atomic mass is 10.0. The number of halogens is 1. The predicted octanol–water partition coefficient (Wildman–Crippen LogP) is 2.28. The molecule has 12 heteroatoms. The lowest BCUT2D eigenvalue weighted by Gasteiger charge is -2.26. The Kier molecular flexibility index (Phi) is 7.80. The Morgan fingerprint density at radius 3 is 2.53 bits per heavy atom. The molecule has 2 saturated heterocycles. The number of rotatable bonds is 7. The molecule has 3 heterocycles. The summed E-state index contributed by atoms with van der Waals surface area (Å²) in [7, 11) is -3.86. The van der Waals surface area contributed by atoms with Gasteiger partial charge < -0.3 is 20.5 Å². The Hall–Kier alpha value is -3.25. The van der Waals surface area contributed by atoms with E-state index < -0.39 is 27.9 Å². The predicted molar refractivity (Wildman–Crippen MR) is 141 cm³/mol. The molecule has 200 valence electrons. The second-order valence-corrected chi connectivity index (χ2v) is 11.8. The molecule has 2 aromatic carbocycles. The van der Waals surface area contributed by atoms with E-state index in [-0.39, 0.29) is 35.6 Å². The van der Waals surface area contributed by atoms with Crippen LogP contribution in [0.1, 0.15) is 23.3 Å². The van der Waals surface area contributed by atoms with Crippen LogP contribution in [0.5, 0.6) is 0 Å². The minimum atomic E-state index is -3.86. The van der Waals surface area contributed by atoms with Crippen molar-refractivity contribution < 1.29 is 22.5 Å². The Labute approximate surface area is 225 Å². The van der Waals surface area contributed by atoms with Crippen LogP contribution in [0.3, 0.4) is 0 Å². The number of hydrogen-bond donors (Lipinski definition) is 3. The van der Waals surface area contributed by atoms with E-state index in [1.54, 1.807) is 42.5 Å². The van der Waals surface area contributed by atoms with Crippen molar-refractivity contribution in [3.8, 4) is 11.3 Å². The molecule has 2 aliphatic rings. The molecule has 0 aliphatic carbocycles. The lowest BCUT2D eigenvalue weighted by molar-refractivity contribution is -0.125. The molecule has 3 N–H and O–H groups in total. The zero-order valence-electron chi connectivity index (χ0n) is 20.5. The summed E-state index contributed by atoms with van der Waals surface area (Å²) in [6, 6.07) is 15.6. The quantitative estimate of drug-likeness (QED) is 0.406. The first kappa shape index (κ1) is 26.4. The van der Waals surface area contributed by atoms with Crippen LogP contribution in [0, 0.1) is 5.92 Å². The molecule has 0 bridgehead atoms. The van der Waals surface area contributed by atoms with Crippen LogP contribution in [0.2, 0.25) is 5.02 Å². The van der Waals surface area contributed by atoms with Gasteiger partial charge in [-0.1, -0.05) is 35.0 Å². The molecular formula is C26H28ClN5O5S. The molecule has 0 saturated carbocycles. The number of carbonyl (C=O) groups is 2. The van der Waals surface area contributed by atoms with Crippen molar-refractivity contribution in [3.63, 3.8) is 0 Å². The van der Waals surface area contributed by atoms with Gasteiger partial charge in [0, 0.05) is 42.3 Å². The average molecular weight is 558 g/mol. The summed E-state index contributed by atoms with van der Waals surface area (Å²) in [6.45, 7) is 1.44. The summed E-state index contributed by atoms with van der Waals surface area (Å²) in [4.78, 5) is 26.6. The molecule has 2 aliphatic heterocycles. The molecule has 1 aromatic heterocycles. The molecule has 0 radical (unpaired) electrons. The van der Waals surface area contributed by atoms with Crippen molar-refractivity contribution in [3.05, 3.63) is 71.4 Å². The summed E-state index contributed by atoms with van der Waals surface area (Å²) >= 11 is 5.94. The monoisotopic (exact) mass is 557 g/mol. The highest BCUT2D eigenvalue weighted by Gasteiger charge is 2.44. The van der Waals surface area contributed by atoms with Crippen LogP contribution in [0.15, 0.2) is 70.1 Å². The first-order valence-corrected chi connectivity index (χ1v) is 14.2. The Morgan fingerprint density at radius 2 is 1.82 bits per heavy atom. The smallest absolute Gasteiger partial charge is 0.273 e. The van der Waals surface area contributed by atoms with Gasteiger partial charge in [-0.25, -0.2) is 8.42 Å². The summed E-state index contributed by atoms with van der Waals surface area (Å²) < 4.78 is 33.2. The number of benzene rings is 2. The van der Waals surface area contributed by atoms with Crippen LogP contribution in [-0.4, -0.2) is 68.0 Å². The second kappa shape index (κ2) is 11.2. The van der Waals surface area contributed by atoms with E-state index in [1.165, 1.54) is 22.5 Å². The van der Waals surface area contributed by atoms with Gasteiger partial charge in [-0.15, -0.1) is 0 Å². The summed E-state index contributed by atoms with van der Waals surface area (Å²) in [6.07, 6.45) is 1.77. The molecule has 2 fully saturated rings.